The fourth-order valence-electron chi connectivity index (χ4n) is 2.82. The highest BCUT2D eigenvalue weighted by atomic mass is 16.4. The summed E-state index contributed by atoms with van der Waals surface area (Å²) >= 11 is 0. The van der Waals surface area contributed by atoms with Gasteiger partial charge in [0.2, 0.25) is 0 Å². The molecule has 0 bridgehead atoms. The first kappa shape index (κ1) is 12.2. The Hall–Kier alpha value is -1.81. The molecule has 1 atom stereocenters. The molecule has 4 heteroatoms. The van der Waals surface area contributed by atoms with Crippen molar-refractivity contribution in [3.05, 3.63) is 36.1 Å². The van der Waals surface area contributed by atoms with Crippen molar-refractivity contribution in [2.75, 3.05) is 6.54 Å². The molecule has 1 aliphatic heterocycles. The van der Waals surface area contributed by atoms with E-state index in [2.05, 4.69) is 0 Å². The maximum Gasteiger partial charge on any atom is 0.323 e. The van der Waals surface area contributed by atoms with Crippen LogP contribution in [0.5, 0.6) is 0 Å². The molecule has 19 heavy (non-hydrogen) atoms. The minimum atomic E-state index is -0.765. The molecule has 1 aromatic heterocycles. The molecule has 0 aliphatic carbocycles. The molecule has 3 rings (SSSR count). The number of hydrogen-bond acceptors (Lipinski definition) is 3. The molecule has 2 aromatic rings. The zero-order chi connectivity index (χ0) is 13.5. The van der Waals surface area contributed by atoms with Crippen LogP contribution in [0.4, 0.5) is 0 Å². The number of furan rings is 1. The van der Waals surface area contributed by atoms with E-state index in [1.54, 1.807) is 6.92 Å². The van der Waals surface area contributed by atoms with E-state index in [0.717, 1.165) is 29.7 Å². The molecular formula is C15H17NO3. The van der Waals surface area contributed by atoms with E-state index < -0.39 is 11.5 Å². The Kier molecular flexibility index (Phi) is 2.82. The van der Waals surface area contributed by atoms with Crippen LogP contribution in [0, 0.1) is 0 Å². The highest BCUT2D eigenvalue weighted by Crippen LogP contribution is 2.31. The van der Waals surface area contributed by atoms with Gasteiger partial charge in [-0.05, 0) is 38.4 Å². The Morgan fingerprint density at radius 3 is 3.00 bits per heavy atom. The summed E-state index contributed by atoms with van der Waals surface area (Å²) in [5.41, 5.74) is 0.0904. The second-order valence-corrected chi connectivity index (χ2v) is 5.35. The third-order valence-electron chi connectivity index (χ3n) is 4.07. The maximum atomic E-state index is 11.4. The predicted molar refractivity (Wildman–Crippen MR) is 71.9 cm³/mol. The monoisotopic (exact) mass is 259 g/mol. The highest BCUT2D eigenvalue weighted by molar-refractivity contribution is 5.79. The minimum absolute atomic E-state index is 0.553. The number of hydrogen-bond donors (Lipinski definition) is 1. The van der Waals surface area contributed by atoms with Gasteiger partial charge in [-0.3, -0.25) is 9.69 Å². The van der Waals surface area contributed by atoms with Crippen molar-refractivity contribution in [2.24, 2.45) is 0 Å². The Morgan fingerprint density at radius 1 is 1.47 bits per heavy atom. The van der Waals surface area contributed by atoms with Crippen LogP contribution in [-0.2, 0) is 11.3 Å². The number of nitrogens with zero attached hydrogens (tertiary/aromatic N) is 1. The van der Waals surface area contributed by atoms with Gasteiger partial charge < -0.3 is 9.52 Å². The summed E-state index contributed by atoms with van der Waals surface area (Å²) < 4.78 is 5.77. The van der Waals surface area contributed by atoms with Gasteiger partial charge in [0, 0.05) is 5.39 Å². The van der Waals surface area contributed by atoms with Crippen LogP contribution in [0.15, 0.2) is 34.7 Å². The largest absolute Gasteiger partial charge is 0.480 e. The number of para-hydroxylation sites is 1. The molecule has 1 N–H and O–H groups in total. The molecule has 1 unspecified atom stereocenters. The Bertz CT molecular complexity index is 586. The average molecular weight is 259 g/mol. The number of carboxylic acid groups (broad SMARTS) is 1. The lowest BCUT2D eigenvalue weighted by Gasteiger charge is -2.30. The summed E-state index contributed by atoms with van der Waals surface area (Å²) in [6, 6.07) is 9.84. The van der Waals surface area contributed by atoms with E-state index in [0.29, 0.717) is 13.0 Å². The summed E-state index contributed by atoms with van der Waals surface area (Å²) in [5.74, 6) is 0.0803. The van der Waals surface area contributed by atoms with Crippen molar-refractivity contribution in [2.45, 2.75) is 31.8 Å². The number of likely N-dealkylation sites (tertiary alicyclic amines) is 1. The van der Waals surface area contributed by atoms with Crippen LogP contribution in [0.3, 0.4) is 0 Å². The van der Waals surface area contributed by atoms with E-state index in [4.69, 9.17) is 4.42 Å². The number of aliphatic carboxylic acids is 1. The van der Waals surface area contributed by atoms with Crippen molar-refractivity contribution >= 4 is 16.9 Å². The third kappa shape index (κ3) is 2.02. The predicted octanol–water partition coefficient (Wildman–Crippen LogP) is 2.87. The van der Waals surface area contributed by atoms with E-state index in [9.17, 15) is 9.90 Å². The van der Waals surface area contributed by atoms with Crippen molar-refractivity contribution in [1.29, 1.82) is 0 Å². The van der Waals surface area contributed by atoms with Gasteiger partial charge in [-0.2, -0.15) is 0 Å². The first-order valence-electron chi connectivity index (χ1n) is 6.55. The van der Waals surface area contributed by atoms with Gasteiger partial charge in [0.1, 0.15) is 16.9 Å². The average Bonchev–Trinajstić information content (AvgIpc) is 2.94. The molecule has 1 aliphatic rings. The van der Waals surface area contributed by atoms with E-state index in [1.807, 2.05) is 35.2 Å². The van der Waals surface area contributed by atoms with Crippen LogP contribution in [0.2, 0.25) is 0 Å². The summed E-state index contributed by atoms with van der Waals surface area (Å²) in [5, 5.41) is 10.5. The quantitative estimate of drug-likeness (QED) is 0.920. The maximum absolute atomic E-state index is 11.4. The second-order valence-electron chi connectivity index (χ2n) is 5.35. The van der Waals surface area contributed by atoms with Gasteiger partial charge in [-0.15, -0.1) is 0 Å². The molecule has 100 valence electrons. The first-order valence-corrected chi connectivity index (χ1v) is 6.55. The van der Waals surface area contributed by atoms with Gasteiger partial charge in [-0.1, -0.05) is 18.2 Å². The van der Waals surface area contributed by atoms with Crippen LogP contribution >= 0.6 is 0 Å². The molecule has 0 saturated carbocycles. The third-order valence-corrected chi connectivity index (χ3v) is 4.07. The van der Waals surface area contributed by atoms with Gasteiger partial charge in [0.15, 0.2) is 0 Å². The van der Waals surface area contributed by atoms with Crippen molar-refractivity contribution in [1.82, 2.24) is 4.90 Å². The zero-order valence-electron chi connectivity index (χ0n) is 10.9. The molecule has 2 heterocycles. The Balaban J connectivity index is 1.86. The van der Waals surface area contributed by atoms with Gasteiger partial charge in [0.25, 0.3) is 0 Å². The zero-order valence-corrected chi connectivity index (χ0v) is 10.9. The summed E-state index contributed by atoms with van der Waals surface area (Å²) in [4.78, 5) is 13.4. The molecule has 1 fully saturated rings. The van der Waals surface area contributed by atoms with Crippen LogP contribution < -0.4 is 0 Å². The van der Waals surface area contributed by atoms with Crippen molar-refractivity contribution < 1.29 is 14.3 Å². The number of benzene rings is 1. The standard InChI is InChI=1S/C15H17NO3/c1-15(14(17)18)7-4-8-16(15)10-12-9-11-5-2-3-6-13(11)19-12/h2-3,5-6,9H,4,7-8,10H2,1H3,(H,17,18). The topological polar surface area (TPSA) is 53.7 Å². The fraction of sp³-hybridized carbons (Fsp3) is 0.400. The van der Waals surface area contributed by atoms with Gasteiger partial charge in [-0.25, -0.2) is 0 Å². The SMILES string of the molecule is CC1(C(=O)O)CCCN1Cc1cc2ccccc2o1. The van der Waals surface area contributed by atoms with E-state index >= 15 is 0 Å². The molecular weight excluding hydrogens is 242 g/mol. The minimum Gasteiger partial charge on any atom is -0.480 e. The normalized spacial score (nSPS) is 24.1. The number of carbonyl (C=O) groups is 1. The lowest BCUT2D eigenvalue weighted by Crippen LogP contribution is -2.47. The van der Waals surface area contributed by atoms with Crippen LogP contribution in [0.25, 0.3) is 11.0 Å². The van der Waals surface area contributed by atoms with Gasteiger partial charge in [0.05, 0.1) is 6.54 Å². The molecule has 0 radical (unpaired) electrons. The smallest absolute Gasteiger partial charge is 0.323 e. The van der Waals surface area contributed by atoms with E-state index in [-0.39, 0.29) is 0 Å². The number of carboxylic acids is 1. The number of rotatable bonds is 3. The molecule has 1 aromatic carbocycles. The highest BCUT2D eigenvalue weighted by Gasteiger charge is 2.43. The summed E-state index contributed by atoms with van der Waals surface area (Å²) in [7, 11) is 0. The lowest BCUT2D eigenvalue weighted by atomic mass is 9.99. The van der Waals surface area contributed by atoms with Crippen molar-refractivity contribution in [3.63, 3.8) is 0 Å². The second kappa shape index (κ2) is 4.38. The lowest BCUT2D eigenvalue weighted by molar-refractivity contribution is -0.149. The molecule has 1 saturated heterocycles. The molecule has 0 amide bonds. The summed E-state index contributed by atoms with van der Waals surface area (Å²) in [6.45, 7) is 3.16. The van der Waals surface area contributed by atoms with Crippen LogP contribution in [-0.4, -0.2) is 28.1 Å². The Labute approximate surface area is 111 Å². The summed E-state index contributed by atoms with van der Waals surface area (Å²) in [6.07, 6.45) is 1.62. The van der Waals surface area contributed by atoms with Crippen molar-refractivity contribution in [3.8, 4) is 0 Å². The van der Waals surface area contributed by atoms with Crippen LogP contribution in [0.1, 0.15) is 25.5 Å². The van der Waals surface area contributed by atoms with E-state index in [1.165, 1.54) is 0 Å². The first-order chi connectivity index (χ1) is 9.09. The molecule has 0 spiro atoms. The Morgan fingerprint density at radius 2 is 2.26 bits per heavy atom. The fourth-order valence-corrected chi connectivity index (χ4v) is 2.82. The number of fused-ring (bicyclic) bond motifs is 1. The van der Waals surface area contributed by atoms with Gasteiger partial charge >= 0.3 is 5.97 Å². The molecule has 4 nitrogen and oxygen atoms in total.